The Morgan fingerprint density at radius 1 is 1.24 bits per heavy atom. The molecule has 0 saturated heterocycles. The second-order valence-electron chi connectivity index (χ2n) is 7.99. The van der Waals surface area contributed by atoms with Crippen LogP contribution in [0.1, 0.15) is 52.8 Å². The van der Waals surface area contributed by atoms with Crippen molar-refractivity contribution in [3.63, 3.8) is 0 Å². The summed E-state index contributed by atoms with van der Waals surface area (Å²) in [6.45, 7) is 3.49. The van der Waals surface area contributed by atoms with Crippen molar-refractivity contribution in [3.05, 3.63) is 63.3 Å². The van der Waals surface area contributed by atoms with E-state index in [2.05, 4.69) is 27.3 Å². The number of ether oxygens (including phenoxy) is 1. The maximum atomic E-state index is 12.4. The molecule has 172 valence electrons. The fourth-order valence-electron chi connectivity index (χ4n) is 3.51. The van der Waals surface area contributed by atoms with Gasteiger partial charge in [-0.1, -0.05) is 35.5 Å². The first kappa shape index (κ1) is 22.1. The number of carboxylic acid groups (broad SMARTS) is 1. The van der Waals surface area contributed by atoms with Gasteiger partial charge in [-0.2, -0.15) is 0 Å². The topological polar surface area (TPSA) is 115 Å². The van der Waals surface area contributed by atoms with Gasteiger partial charge in [0.15, 0.2) is 5.01 Å². The number of aliphatic carboxylic acids is 1. The third-order valence-corrected chi connectivity index (χ3v) is 7.93. The molecule has 1 amide bonds. The van der Waals surface area contributed by atoms with Gasteiger partial charge in [0.2, 0.25) is 5.76 Å². The summed E-state index contributed by atoms with van der Waals surface area (Å²) in [5, 5.41) is 16.6. The van der Waals surface area contributed by atoms with Crippen LogP contribution in [0.25, 0.3) is 9.53 Å². The Balaban J connectivity index is 1.30. The molecule has 1 atom stereocenters. The van der Waals surface area contributed by atoms with Gasteiger partial charge in [0.05, 0.1) is 4.70 Å². The van der Waals surface area contributed by atoms with Gasteiger partial charge < -0.3 is 14.4 Å². The fraction of sp³-hybridized carbons (Fsp3) is 0.250. The van der Waals surface area contributed by atoms with E-state index in [0.29, 0.717) is 29.2 Å². The Morgan fingerprint density at radius 3 is 2.68 bits per heavy atom. The van der Waals surface area contributed by atoms with Crippen molar-refractivity contribution in [2.75, 3.05) is 5.32 Å². The number of fused-ring (bicyclic) bond motifs is 1. The molecule has 0 spiro atoms. The molecule has 0 bridgehead atoms. The standard InChI is InChI=1S/C24H19N3O5S2/c1-13-20(26-23(30)31-14(2)15-6-4-3-5-7-15)16(32-27-13)8-9-19-25-21-17(33-19)12-18(34-21)24(10-11-24)22(28)29/h3-7,12,14H,10-11H2,1-2H3,(H,26,30)(H,28,29)/t14-/m1/s1. The van der Waals surface area contributed by atoms with Crippen LogP contribution in [0.2, 0.25) is 0 Å². The van der Waals surface area contributed by atoms with Crippen molar-refractivity contribution in [1.82, 2.24) is 10.1 Å². The first-order valence-corrected chi connectivity index (χ1v) is 12.1. The summed E-state index contributed by atoms with van der Waals surface area (Å²) in [5.74, 6) is 5.24. The van der Waals surface area contributed by atoms with E-state index < -0.39 is 23.6 Å². The number of thiophene rings is 1. The zero-order valence-electron chi connectivity index (χ0n) is 18.2. The summed E-state index contributed by atoms with van der Waals surface area (Å²) in [4.78, 5) is 30.1. The van der Waals surface area contributed by atoms with Gasteiger partial charge in [0.1, 0.15) is 27.7 Å². The Kier molecular flexibility index (Phi) is 5.59. The number of rotatable bonds is 5. The van der Waals surface area contributed by atoms with E-state index in [9.17, 15) is 14.7 Å². The fourth-order valence-corrected chi connectivity index (χ4v) is 5.82. The van der Waals surface area contributed by atoms with Crippen LogP contribution in [0, 0.1) is 18.8 Å². The SMILES string of the molecule is Cc1noc(C#Cc2nc3sc(C4(C(=O)O)CC4)cc3s2)c1NC(=O)O[C@H](C)c1ccccc1. The number of aromatic nitrogens is 2. The van der Waals surface area contributed by atoms with E-state index in [1.165, 1.54) is 22.7 Å². The average Bonchev–Trinajstić information content (AvgIpc) is 3.26. The van der Waals surface area contributed by atoms with E-state index in [4.69, 9.17) is 9.26 Å². The molecule has 4 aromatic rings. The van der Waals surface area contributed by atoms with E-state index in [1.54, 1.807) is 13.8 Å². The molecule has 3 heterocycles. The highest BCUT2D eigenvalue weighted by molar-refractivity contribution is 7.27. The smallest absolute Gasteiger partial charge is 0.412 e. The summed E-state index contributed by atoms with van der Waals surface area (Å²) < 4.78 is 11.6. The van der Waals surface area contributed by atoms with Crippen LogP contribution in [0.5, 0.6) is 0 Å². The van der Waals surface area contributed by atoms with Gasteiger partial charge in [0, 0.05) is 4.88 Å². The van der Waals surface area contributed by atoms with Crippen LogP contribution in [0.4, 0.5) is 10.5 Å². The van der Waals surface area contributed by atoms with Crippen LogP contribution < -0.4 is 5.32 Å². The van der Waals surface area contributed by atoms with Crippen molar-refractivity contribution in [2.24, 2.45) is 0 Å². The molecule has 1 saturated carbocycles. The normalized spacial score (nSPS) is 14.8. The van der Waals surface area contributed by atoms with Crippen molar-refractivity contribution < 1.29 is 24.0 Å². The predicted octanol–water partition coefficient (Wildman–Crippen LogP) is 5.48. The molecule has 1 aliphatic rings. The minimum atomic E-state index is -0.779. The molecule has 2 N–H and O–H groups in total. The molecule has 1 fully saturated rings. The van der Waals surface area contributed by atoms with Crippen molar-refractivity contribution in [1.29, 1.82) is 0 Å². The van der Waals surface area contributed by atoms with Crippen molar-refractivity contribution >= 4 is 50.0 Å². The summed E-state index contributed by atoms with van der Waals surface area (Å²) in [7, 11) is 0. The van der Waals surface area contributed by atoms with E-state index in [0.717, 1.165) is 20.0 Å². The van der Waals surface area contributed by atoms with E-state index in [-0.39, 0.29) is 5.76 Å². The summed E-state index contributed by atoms with van der Waals surface area (Å²) in [5.41, 5.74) is 0.960. The summed E-state index contributed by atoms with van der Waals surface area (Å²) in [6.07, 6.45) is 0.256. The largest absolute Gasteiger partial charge is 0.481 e. The van der Waals surface area contributed by atoms with Crippen molar-refractivity contribution in [2.45, 2.75) is 38.2 Å². The molecule has 0 unspecified atom stereocenters. The van der Waals surface area contributed by atoms with E-state index >= 15 is 0 Å². The lowest BCUT2D eigenvalue weighted by Gasteiger charge is -2.13. The minimum Gasteiger partial charge on any atom is -0.481 e. The van der Waals surface area contributed by atoms with Crippen LogP contribution in [0.15, 0.2) is 40.9 Å². The van der Waals surface area contributed by atoms with Gasteiger partial charge in [0.25, 0.3) is 0 Å². The highest BCUT2D eigenvalue weighted by atomic mass is 32.1. The predicted molar refractivity (Wildman–Crippen MR) is 128 cm³/mol. The van der Waals surface area contributed by atoms with Gasteiger partial charge >= 0.3 is 12.1 Å². The molecule has 1 aliphatic carbocycles. The number of nitrogens with one attached hydrogen (secondary N) is 1. The zero-order valence-corrected chi connectivity index (χ0v) is 19.9. The summed E-state index contributed by atoms with van der Waals surface area (Å²) >= 11 is 2.78. The first-order chi connectivity index (χ1) is 16.4. The van der Waals surface area contributed by atoms with Gasteiger partial charge in [-0.15, -0.1) is 22.7 Å². The summed E-state index contributed by atoms with van der Waals surface area (Å²) in [6, 6.07) is 11.3. The lowest BCUT2D eigenvalue weighted by molar-refractivity contribution is -0.139. The number of thiazole rings is 1. The molecule has 10 heteroatoms. The molecule has 0 aliphatic heterocycles. The quantitative estimate of drug-likeness (QED) is 0.354. The molecule has 3 aromatic heterocycles. The third-order valence-electron chi connectivity index (χ3n) is 5.65. The number of hydrogen-bond donors (Lipinski definition) is 2. The maximum Gasteiger partial charge on any atom is 0.412 e. The lowest BCUT2D eigenvalue weighted by Crippen LogP contribution is -2.17. The molecule has 0 radical (unpaired) electrons. The number of amides is 1. The highest BCUT2D eigenvalue weighted by Gasteiger charge is 2.53. The van der Waals surface area contributed by atoms with Gasteiger partial charge in [-0.25, -0.2) is 9.78 Å². The number of aryl methyl sites for hydroxylation is 1. The first-order valence-electron chi connectivity index (χ1n) is 10.5. The second-order valence-corrected chi connectivity index (χ2v) is 10.1. The number of benzene rings is 1. The second kappa shape index (κ2) is 8.59. The molecule has 1 aromatic carbocycles. The average molecular weight is 494 g/mol. The zero-order chi connectivity index (χ0) is 23.9. The highest BCUT2D eigenvalue weighted by Crippen LogP contribution is 2.52. The molecule has 5 rings (SSSR count). The Bertz CT molecular complexity index is 1420. The van der Waals surface area contributed by atoms with Crippen LogP contribution in [-0.4, -0.2) is 27.3 Å². The molecular weight excluding hydrogens is 474 g/mol. The molecule has 34 heavy (non-hydrogen) atoms. The maximum absolute atomic E-state index is 12.4. The monoisotopic (exact) mass is 493 g/mol. The number of carboxylic acids is 1. The Morgan fingerprint density at radius 2 is 2.00 bits per heavy atom. The molecule has 8 nitrogen and oxygen atoms in total. The molecular formula is C24H19N3O5S2. The van der Waals surface area contributed by atoms with Crippen molar-refractivity contribution in [3.8, 4) is 11.8 Å². The number of carbonyl (C=O) groups excluding carboxylic acids is 1. The minimum absolute atomic E-state index is 0.198. The van der Waals surface area contributed by atoms with Crippen LogP contribution >= 0.6 is 22.7 Å². The van der Waals surface area contributed by atoms with Gasteiger partial charge in [-0.3, -0.25) is 10.1 Å². The number of anilines is 1. The number of hydrogen-bond acceptors (Lipinski definition) is 8. The lowest BCUT2D eigenvalue weighted by atomic mass is 10.1. The number of nitrogens with zero attached hydrogens (tertiary/aromatic N) is 2. The van der Waals surface area contributed by atoms with Crippen LogP contribution in [0.3, 0.4) is 0 Å². The third kappa shape index (κ3) is 4.16. The van der Waals surface area contributed by atoms with Gasteiger partial charge in [-0.05, 0) is 50.2 Å². The Labute approximate surface area is 202 Å². The number of carbonyl (C=O) groups is 2. The van der Waals surface area contributed by atoms with Crippen LogP contribution in [-0.2, 0) is 14.9 Å². The van der Waals surface area contributed by atoms with E-state index in [1.807, 2.05) is 36.4 Å². The Hall–Kier alpha value is -3.68.